The van der Waals surface area contributed by atoms with Crippen molar-refractivity contribution in [2.24, 2.45) is 5.92 Å². The quantitative estimate of drug-likeness (QED) is 0.00959. The lowest BCUT2D eigenvalue weighted by Crippen LogP contribution is -2.57. The first-order valence-electron chi connectivity index (χ1n) is 30.0. The van der Waals surface area contributed by atoms with Crippen molar-refractivity contribution >= 4 is 66.9 Å². The van der Waals surface area contributed by atoms with Gasteiger partial charge in [0.05, 0.1) is 87.3 Å². The Kier molecular flexibility index (Phi) is 23.1. The number of hydrogen-bond acceptors (Lipinski definition) is 19. The Morgan fingerprint density at radius 2 is 1.25 bits per heavy atom. The highest BCUT2D eigenvalue weighted by Gasteiger charge is 2.51. The van der Waals surface area contributed by atoms with E-state index in [1.54, 1.807) is 68.3 Å². The van der Waals surface area contributed by atoms with Crippen LogP contribution in [-0.2, 0) is 39.6 Å². The summed E-state index contributed by atoms with van der Waals surface area (Å²) >= 11 is 0. The van der Waals surface area contributed by atoms with Crippen LogP contribution in [-0.4, -0.2) is 155 Å². The molecule has 4 amide bonds. The maximum atomic E-state index is 14.5. The number of methoxy groups -OCH3 is 2. The zero-order valence-electron chi connectivity index (χ0n) is 53.2. The van der Waals surface area contributed by atoms with Crippen LogP contribution >= 0.6 is 0 Å². The van der Waals surface area contributed by atoms with Gasteiger partial charge in [-0.2, -0.15) is 0 Å². The number of fused-ring (bicyclic) bond motifs is 4. The summed E-state index contributed by atoms with van der Waals surface area (Å²) in [5, 5.41) is 20.9. The number of Topliss-reactive ketones (excluding diaryl/α,β-unsaturated/α-hetero) is 2. The van der Waals surface area contributed by atoms with Crippen LogP contribution in [0.5, 0.6) is 23.0 Å². The second kappa shape index (κ2) is 30.0. The summed E-state index contributed by atoms with van der Waals surface area (Å²) in [4.78, 5) is 101. The minimum absolute atomic E-state index is 0.0622. The lowest BCUT2D eigenvalue weighted by molar-refractivity contribution is -0.154. The third kappa shape index (κ3) is 16.1. The van der Waals surface area contributed by atoms with Crippen molar-refractivity contribution in [3.05, 3.63) is 114 Å². The Balaban J connectivity index is 0.982. The predicted octanol–water partition coefficient (Wildman–Crippen LogP) is 9.36. The minimum atomic E-state index is -2.59. The molecule has 4 heterocycles. The number of ketones is 2. The van der Waals surface area contributed by atoms with Crippen LogP contribution in [0, 0.1) is 5.92 Å². The summed E-state index contributed by atoms with van der Waals surface area (Å²) in [6.45, 7) is 26.9. The van der Waals surface area contributed by atoms with Gasteiger partial charge in [0.25, 0.3) is 17.6 Å². The van der Waals surface area contributed by atoms with Crippen molar-refractivity contribution in [1.29, 1.82) is 0 Å². The van der Waals surface area contributed by atoms with Gasteiger partial charge in [-0.05, 0) is 107 Å². The van der Waals surface area contributed by atoms with E-state index in [0.717, 1.165) is 16.0 Å². The van der Waals surface area contributed by atoms with Crippen LogP contribution in [0.4, 0.5) is 26.7 Å². The summed E-state index contributed by atoms with van der Waals surface area (Å²) in [6, 6.07) is 10.4. The van der Waals surface area contributed by atoms with E-state index >= 15 is 0 Å². The van der Waals surface area contributed by atoms with Gasteiger partial charge >= 0.3 is 18.2 Å². The molecule has 0 aromatic heterocycles. The van der Waals surface area contributed by atoms with Gasteiger partial charge in [0.1, 0.15) is 19.8 Å². The van der Waals surface area contributed by atoms with Gasteiger partial charge in [0.15, 0.2) is 49.6 Å². The molecule has 89 heavy (non-hydrogen) atoms. The first-order valence-corrected chi connectivity index (χ1v) is 32.9. The highest BCUT2D eigenvalue weighted by molar-refractivity contribution is 6.74. The molecule has 0 fully saturated rings. The Labute approximate surface area is 522 Å². The van der Waals surface area contributed by atoms with E-state index in [0.29, 0.717) is 54.9 Å². The van der Waals surface area contributed by atoms with Crippen molar-refractivity contribution in [2.75, 3.05) is 69.0 Å². The molecule has 0 unspecified atom stereocenters. The third-order valence-corrected chi connectivity index (χ3v) is 20.9. The summed E-state index contributed by atoms with van der Waals surface area (Å²) in [5.74, 6) is -1.98. The highest BCUT2D eigenvalue weighted by atomic mass is 28.4. The lowest BCUT2D eigenvalue weighted by Gasteiger charge is -2.44. The number of aliphatic hydroxyl groups excluding tert-OH is 1. The Morgan fingerprint density at radius 3 is 1.79 bits per heavy atom. The fourth-order valence-corrected chi connectivity index (χ4v) is 11.7. The number of nitrogens with one attached hydrogen (secondary N) is 3. The Bertz CT molecular complexity index is 3200. The molecule has 23 nitrogen and oxygen atoms in total. The van der Waals surface area contributed by atoms with Crippen molar-refractivity contribution in [3.63, 3.8) is 0 Å². The summed E-state index contributed by atoms with van der Waals surface area (Å²) in [6.07, 6.45) is 4.81. The fraction of sp³-hybridized carbons (Fsp3) is 0.492. The Morgan fingerprint density at radius 1 is 0.719 bits per heavy atom. The monoisotopic (exact) mass is 1250 g/mol. The molecule has 4 aliphatic heterocycles. The highest BCUT2D eigenvalue weighted by Crippen LogP contribution is 2.47. The minimum Gasteiger partial charge on any atom is -0.493 e. The van der Waals surface area contributed by atoms with Crippen LogP contribution in [0.1, 0.15) is 114 Å². The first kappa shape index (κ1) is 68.5. The second-order valence-electron chi connectivity index (χ2n) is 24.4. The standard InChI is InChI=1S/C65H87N7O16Si/c1-15-24-85-62(78)57(74)56(39(3)4)66-34-51(73)42(7)67-38-68-44-22-20-43(21-23-44)37-87-63(79)71-47-32-54(52(81-11)30-45(47)58(75)69-35-40(5)28-49(69)60(71)77)83-26-18-17-19-27-84-55-33-48-46(31-53(55)82-12)59(76)70-36-41(6)29-50(70)61(72(48)64(80)86-25-16-2)88-89(13,14)65(8,9)10/h15-16,20-23,30-33,35-36,39,42,49-50,56,60-61,66-68,77H,1-2,17-19,24-29,34,37-38H2,3-14H3/t42-,49-,50-,56-,60-,61-/m0/s1. The zero-order valence-corrected chi connectivity index (χ0v) is 54.2. The van der Waals surface area contributed by atoms with Gasteiger partial charge in [0.2, 0.25) is 0 Å². The van der Waals surface area contributed by atoms with Crippen LogP contribution < -0.4 is 44.7 Å². The van der Waals surface area contributed by atoms with E-state index in [1.807, 2.05) is 20.0 Å². The number of ether oxygens (including phenoxy) is 7. The molecule has 482 valence electrons. The number of hydrogen-bond donors (Lipinski definition) is 4. The number of amides is 4. The maximum Gasteiger partial charge on any atom is 0.416 e. The molecule has 0 saturated carbocycles. The van der Waals surface area contributed by atoms with Gasteiger partial charge < -0.3 is 57.8 Å². The van der Waals surface area contributed by atoms with E-state index in [1.165, 1.54) is 48.3 Å². The average Bonchev–Trinajstić information content (AvgIpc) is 1.66. The van der Waals surface area contributed by atoms with Crippen LogP contribution in [0.25, 0.3) is 0 Å². The number of anilines is 3. The van der Waals surface area contributed by atoms with E-state index < -0.39 is 74.8 Å². The Hall–Kier alpha value is -8.03. The van der Waals surface area contributed by atoms with E-state index in [4.69, 9.17) is 37.6 Å². The number of rotatable bonds is 29. The van der Waals surface area contributed by atoms with Crippen molar-refractivity contribution < 1.29 is 76.3 Å². The largest absolute Gasteiger partial charge is 0.493 e. The SMILES string of the molecule is C=CCOC(=O)C(=O)[C@@H](NCC(=O)[C@H](C)NCNc1ccc(COC(=O)N2c3cc(OCCCCCOc4cc5c(cc4OC)C(=O)N4C=C(C)C[C@H]4[C@H](O[Si](C)(C)C(C)(C)C)N5C(=O)OCC=C)c(OC)cc3C(=O)N3C=C(C)C[C@H]3[C@@H]2O)cc1)C(C)C. The number of esters is 1. The number of unbranched alkanes of at least 4 members (excludes halogenated alkanes) is 2. The fourth-order valence-electron chi connectivity index (χ4n) is 10.5. The average molecular weight is 1250 g/mol. The lowest BCUT2D eigenvalue weighted by atomic mass is 9.99. The molecule has 0 saturated heterocycles. The van der Waals surface area contributed by atoms with Gasteiger partial charge in [-0.1, -0.05) is 83.2 Å². The van der Waals surface area contributed by atoms with Gasteiger partial charge in [-0.25, -0.2) is 24.2 Å². The molecule has 0 aliphatic carbocycles. The van der Waals surface area contributed by atoms with Gasteiger partial charge in [-0.15, -0.1) is 0 Å². The number of aliphatic hydroxyl groups is 1. The van der Waals surface area contributed by atoms with E-state index in [-0.39, 0.29) is 103 Å². The molecule has 7 rings (SSSR count). The molecule has 3 aromatic carbocycles. The second-order valence-corrected chi connectivity index (χ2v) is 29.1. The maximum absolute atomic E-state index is 14.5. The van der Waals surface area contributed by atoms with E-state index in [9.17, 15) is 38.7 Å². The molecule has 4 aliphatic rings. The first-order chi connectivity index (χ1) is 42.2. The molecule has 0 bridgehead atoms. The van der Waals surface area contributed by atoms with E-state index in [2.05, 4.69) is 63.0 Å². The summed E-state index contributed by atoms with van der Waals surface area (Å²) < 4.78 is 47.7. The smallest absolute Gasteiger partial charge is 0.416 e. The molecule has 3 aromatic rings. The topological polar surface area (TPSA) is 263 Å². The molecular formula is C65H87N7O16Si. The van der Waals surface area contributed by atoms with Crippen LogP contribution in [0.2, 0.25) is 18.1 Å². The summed E-state index contributed by atoms with van der Waals surface area (Å²) in [7, 11) is 0.338. The molecular weight excluding hydrogens is 1160 g/mol. The number of nitrogens with zero attached hydrogens (tertiary/aromatic N) is 4. The van der Waals surface area contributed by atoms with Crippen LogP contribution in [0.15, 0.2) is 97.4 Å². The third-order valence-electron chi connectivity index (χ3n) is 16.4. The molecule has 0 spiro atoms. The normalized spacial score (nSPS) is 18.6. The van der Waals surface area contributed by atoms with Crippen molar-refractivity contribution in [3.8, 4) is 23.0 Å². The van der Waals surface area contributed by atoms with Crippen LogP contribution in [0.3, 0.4) is 0 Å². The molecule has 4 N–H and O–H groups in total. The number of carbonyl (C=O) groups is 7. The molecule has 0 radical (unpaired) electrons. The van der Waals surface area contributed by atoms with Crippen molar-refractivity contribution in [2.45, 2.75) is 149 Å². The molecule has 6 atom stereocenters. The predicted molar refractivity (Wildman–Crippen MR) is 338 cm³/mol. The van der Waals surface area contributed by atoms with Crippen molar-refractivity contribution in [1.82, 2.24) is 20.4 Å². The molecule has 24 heteroatoms. The number of carbonyl (C=O) groups excluding carboxylic acids is 7. The zero-order chi connectivity index (χ0) is 65.1. The number of benzene rings is 3. The summed E-state index contributed by atoms with van der Waals surface area (Å²) in [5.41, 5.74) is 3.75. The van der Waals surface area contributed by atoms with Gasteiger partial charge in [-0.3, -0.25) is 29.8 Å². The van der Waals surface area contributed by atoms with Gasteiger partial charge in [0, 0.05) is 30.2 Å².